The first-order valence-corrected chi connectivity index (χ1v) is 9.79. The zero-order valence-electron chi connectivity index (χ0n) is 15.0. The molecule has 1 saturated heterocycles. The lowest BCUT2D eigenvalue weighted by molar-refractivity contribution is 0.0529. The van der Waals surface area contributed by atoms with Crippen molar-refractivity contribution in [1.29, 1.82) is 0 Å². The standard InChI is InChI=1S/C20H26N2O2S/c1-3-24-20(23)18-17(15-9-7-14(2)8-10-15)16(25-19(18)21)13-22-11-5-4-6-12-22/h7-10H,3-6,11-13,21H2,1-2H3. The average molecular weight is 359 g/mol. The Morgan fingerprint density at radius 2 is 1.88 bits per heavy atom. The van der Waals surface area contributed by atoms with Gasteiger partial charge in [0.2, 0.25) is 0 Å². The molecule has 2 heterocycles. The van der Waals surface area contributed by atoms with Crippen molar-refractivity contribution >= 4 is 22.3 Å². The number of hydrogen-bond donors (Lipinski definition) is 1. The molecular weight excluding hydrogens is 332 g/mol. The van der Waals surface area contributed by atoms with E-state index in [-0.39, 0.29) is 5.97 Å². The van der Waals surface area contributed by atoms with Gasteiger partial charge in [-0.1, -0.05) is 36.2 Å². The second kappa shape index (κ2) is 8.02. The van der Waals surface area contributed by atoms with Gasteiger partial charge in [-0.3, -0.25) is 4.90 Å². The summed E-state index contributed by atoms with van der Waals surface area (Å²) < 4.78 is 5.27. The fraction of sp³-hybridized carbons (Fsp3) is 0.450. The van der Waals surface area contributed by atoms with Gasteiger partial charge in [-0.2, -0.15) is 0 Å². The smallest absolute Gasteiger partial charge is 0.341 e. The van der Waals surface area contributed by atoms with Crippen molar-refractivity contribution in [2.75, 3.05) is 25.4 Å². The first-order valence-electron chi connectivity index (χ1n) is 8.97. The number of nitrogens with two attached hydrogens (primary N) is 1. The number of hydrogen-bond acceptors (Lipinski definition) is 5. The molecule has 5 heteroatoms. The Balaban J connectivity index is 2.02. The molecule has 1 fully saturated rings. The Morgan fingerprint density at radius 3 is 2.52 bits per heavy atom. The number of anilines is 1. The first kappa shape index (κ1) is 18.0. The van der Waals surface area contributed by atoms with Gasteiger partial charge in [-0.05, 0) is 45.3 Å². The van der Waals surface area contributed by atoms with Crippen molar-refractivity contribution in [3.63, 3.8) is 0 Å². The van der Waals surface area contributed by atoms with Crippen molar-refractivity contribution in [2.24, 2.45) is 0 Å². The van der Waals surface area contributed by atoms with Crippen LogP contribution in [-0.4, -0.2) is 30.6 Å². The van der Waals surface area contributed by atoms with Gasteiger partial charge in [-0.15, -0.1) is 11.3 Å². The summed E-state index contributed by atoms with van der Waals surface area (Å²) in [5.41, 5.74) is 9.96. The molecule has 1 aromatic carbocycles. The van der Waals surface area contributed by atoms with Crippen LogP contribution in [0.15, 0.2) is 24.3 Å². The van der Waals surface area contributed by atoms with Crippen molar-refractivity contribution in [2.45, 2.75) is 39.7 Å². The minimum absolute atomic E-state index is 0.322. The van der Waals surface area contributed by atoms with Gasteiger partial charge in [0.25, 0.3) is 0 Å². The molecule has 25 heavy (non-hydrogen) atoms. The minimum Gasteiger partial charge on any atom is -0.462 e. The van der Waals surface area contributed by atoms with Crippen LogP contribution in [0.1, 0.15) is 47.0 Å². The second-order valence-electron chi connectivity index (χ2n) is 6.56. The maximum Gasteiger partial charge on any atom is 0.341 e. The molecule has 0 bridgehead atoms. The predicted octanol–water partition coefficient (Wildman–Crippen LogP) is 4.47. The third kappa shape index (κ3) is 4.05. The number of carbonyl (C=O) groups is 1. The molecule has 1 aromatic heterocycles. The van der Waals surface area contributed by atoms with Gasteiger partial charge in [0.15, 0.2) is 0 Å². The summed E-state index contributed by atoms with van der Waals surface area (Å²) in [6, 6.07) is 8.28. The molecule has 1 aliphatic rings. The van der Waals surface area contributed by atoms with Crippen molar-refractivity contribution < 1.29 is 9.53 Å². The molecule has 1 aliphatic heterocycles. The lowest BCUT2D eigenvalue weighted by atomic mass is 9.99. The molecule has 2 N–H and O–H groups in total. The van der Waals surface area contributed by atoms with Crippen LogP contribution < -0.4 is 5.73 Å². The Morgan fingerprint density at radius 1 is 1.20 bits per heavy atom. The van der Waals surface area contributed by atoms with Crippen LogP contribution in [0.4, 0.5) is 5.00 Å². The van der Waals surface area contributed by atoms with E-state index in [0.717, 1.165) is 35.6 Å². The zero-order valence-corrected chi connectivity index (χ0v) is 15.8. The number of rotatable bonds is 5. The van der Waals surface area contributed by atoms with E-state index >= 15 is 0 Å². The number of ether oxygens (including phenoxy) is 1. The predicted molar refractivity (Wildman–Crippen MR) is 104 cm³/mol. The van der Waals surface area contributed by atoms with Crippen LogP contribution in [0.2, 0.25) is 0 Å². The van der Waals surface area contributed by atoms with Gasteiger partial charge < -0.3 is 10.5 Å². The van der Waals surface area contributed by atoms with Gasteiger partial charge in [0.05, 0.1) is 6.61 Å². The van der Waals surface area contributed by atoms with Gasteiger partial charge in [-0.25, -0.2) is 4.79 Å². The second-order valence-corrected chi connectivity index (χ2v) is 7.70. The summed E-state index contributed by atoms with van der Waals surface area (Å²) in [6.45, 7) is 7.30. The molecule has 134 valence electrons. The van der Waals surface area contributed by atoms with Gasteiger partial charge >= 0.3 is 5.97 Å². The molecular formula is C20H26N2O2S. The van der Waals surface area contributed by atoms with Crippen LogP contribution >= 0.6 is 11.3 Å². The van der Waals surface area contributed by atoms with Crippen LogP contribution in [0.25, 0.3) is 11.1 Å². The van der Waals surface area contributed by atoms with E-state index in [1.54, 1.807) is 0 Å². The van der Waals surface area contributed by atoms with E-state index < -0.39 is 0 Å². The van der Waals surface area contributed by atoms with E-state index in [4.69, 9.17) is 10.5 Å². The molecule has 2 aromatic rings. The molecule has 0 amide bonds. The van der Waals surface area contributed by atoms with Crippen LogP contribution in [-0.2, 0) is 11.3 Å². The topological polar surface area (TPSA) is 55.6 Å². The summed E-state index contributed by atoms with van der Waals surface area (Å²) in [7, 11) is 0. The molecule has 0 aliphatic carbocycles. The number of aryl methyl sites for hydroxylation is 1. The Hall–Kier alpha value is -1.85. The van der Waals surface area contributed by atoms with E-state index in [0.29, 0.717) is 17.2 Å². The lowest BCUT2D eigenvalue weighted by Gasteiger charge is -2.26. The van der Waals surface area contributed by atoms with Gasteiger partial charge in [0.1, 0.15) is 10.6 Å². The van der Waals surface area contributed by atoms with Crippen molar-refractivity contribution in [3.05, 3.63) is 40.3 Å². The first-order chi connectivity index (χ1) is 12.1. The highest BCUT2D eigenvalue weighted by Gasteiger charge is 2.25. The molecule has 0 atom stereocenters. The quantitative estimate of drug-likeness (QED) is 0.801. The Kier molecular flexibility index (Phi) is 5.76. The Bertz CT molecular complexity index is 731. The number of nitrogen functional groups attached to an aromatic ring is 1. The molecule has 4 nitrogen and oxygen atoms in total. The van der Waals surface area contributed by atoms with Crippen LogP contribution in [0, 0.1) is 6.92 Å². The highest BCUT2D eigenvalue weighted by Crippen LogP contribution is 2.40. The number of esters is 1. The maximum atomic E-state index is 12.5. The van der Waals surface area contributed by atoms with Crippen LogP contribution in [0.3, 0.4) is 0 Å². The number of likely N-dealkylation sites (tertiary alicyclic amines) is 1. The van der Waals surface area contributed by atoms with Crippen LogP contribution in [0.5, 0.6) is 0 Å². The SMILES string of the molecule is CCOC(=O)c1c(N)sc(CN2CCCCC2)c1-c1ccc(C)cc1. The number of benzene rings is 1. The monoisotopic (exact) mass is 358 g/mol. The zero-order chi connectivity index (χ0) is 17.8. The Labute approximate surface area is 153 Å². The number of carbonyl (C=O) groups excluding carboxylic acids is 1. The number of thiophene rings is 1. The highest BCUT2D eigenvalue weighted by molar-refractivity contribution is 7.17. The molecule has 3 rings (SSSR count). The normalized spacial score (nSPS) is 15.3. The molecule has 0 unspecified atom stereocenters. The average Bonchev–Trinajstić information content (AvgIpc) is 2.92. The fourth-order valence-corrected chi connectivity index (χ4v) is 4.48. The lowest BCUT2D eigenvalue weighted by Crippen LogP contribution is -2.28. The van der Waals surface area contributed by atoms with Crippen molar-refractivity contribution in [1.82, 2.24) is 4.90 Å². The van der Waals surface area contributed by atoms with E-state index in [1.165, 1.54) is 36.2 Å². The minimum atomic E-state index is -0.322. The summed E-state index contributed by atoms with van der Waals surface area (Å²) in [6.07, 6.45) is 3.79. The molecule has 0 spiro atoms. The van der Waals surface area contributed by atoms with E-state index in [9.17, 15) is 4.79 Å². The summed E-state index contributed by atoms with van der Waals surface area (Å²) in [5, 5.41) is 0.557. The third-order valence-electron chi connectivity index (χ3n) is 4.64. The van der Waals surface area contributed by atoms with E-state index in [1.807, 2.05) is 6.92 Å². The van der Waals surface area contributed by atoms with E-state index in [2.05, 4.69) is 36.1 Å². The highest BCUT2D eigenvalue weighted by atomic mass is 32.1. The summed E-state index contributed by atoms with van der Waals surface area (Å²) >= 11 is 1.52. The summed E-state index contributed by atoms with van der Waals surface area (Å²) in [4.78, 5) is 16.1. The third-order valence-corrected chi connectivity index (χ3v) is 5.65. The van der Waals surface area contributed by atoms with Gasteiger partial charge in [0, 0.05) is 17.0 Å². The number of nitrogens with zero attached hydrogens (tertiary/aromatic N) is 1. The maximum absolute atomic E-state index is 12.5. The fourth-order valence-electron chi connectivity index (χ4n) is 3.36. The molecule has 0 radical (unpaired) electrons. The molecule has 0 saturated carbocycles. The summed E-state index contributed by atoms with van der Waals surface area (Å²) in [5.74, 6) is -0.322. The van der Waals surface area contributed by atoms with Crippen molar-refractivity contribution in [3.8, 4) is 11.1 Å². The number of piperidine rings is 1. The largest absolute Gasteiger partial charge is 0.462 e.